The smallest absolute Gasteiger partial charge is 0.254 e. The summed E-state index contributed by atoms with van der Waals surface area (Å²) < 4.78 is 1.85. The number of carbonyl (C=O) groups excluding carboxylic acids is 1. The Bertz CT molecular complexity index is 1200. The molecule has 1 aliphatic rings. The fourth-order valence-electron chi connectivity index (χ4n) is 4.64. The topological polar surface area (TPSA) is 51.0 Å². The first-order valence-corrected chi connectivity index (χ1v) is 11.6. The highest BCUT2D eigenvalue weighted by atomic mass is 16.2. The Balaban J connectivity index is 1.32. The summed E-state index contributed by atoms with van der Waals surface area (Å²) in [6.07, 6.45) is 6.55. The van der Waals surface area contributed by atoms with Crippen molar-refractivity contribution >= 4 is 5.91 Å². The Morgan fingerprint density at radius 3 is 2.64 bits per heavy atom. The van der Waals surface area contributed by atoms with E-state index in [-0.39, 0.29) is 11.8 Å². The molecule has 1 fully saturated rings. The van der Waals surface area contributed by atoms with Crippen LogP contribution in [0.5, 0.6) is 0 Å². The standard InChI is InChI=1S/C28H28N4O/c33-28(26-14-5-4-11-23(26)21-32-18-8-16-29-32)31-17-7-12-24(20-31)27-15-6-13-25(30-27)19-22-9-2-1-3-10-22/h1-6,8-11,13-16,18,24H,7,12,17,19-21H2/t24-/m0/s1. The lowest BCUT2D eigenvalue weighted by atomic mass is 9.93. The van der Waals surface area contributed by atoms with Gasteiger partial charge in [-0.25, -0.2) is 0 Å². The van der Waals surface area contributed by atoms with E-state index >= 15 is 0 Å². The molecule has 1 atom stereocenters. The number of carbonyl (C=O) groups is 1. The zero-order valence-electron chi connectivity index (χ0n) is 18.7. The number of likely N-dealkylation sites (tertiary alicyclic amines) is 1. The Morgan fingerprint density at radius 2 is 1.79 bits per heavy atom. The largest absolute Gasteiger partial charge is 0.338 e. The van der Waals surface area contributed by atoms with E-state index in [4.69, 9.17) is 4.98 Å². The van der Waals surface area contributed by atoms with Gasteiger partial charge in [0.05, 0.1) is 6.54 Å². The maximum Gasteiger partial charge on any atom is 0.254 e. The van der Waals surface area contributed by atoms with Crippen molar-refractivity contribution in [2.45, 2.75) is 31.7 Å². The van der Waals surface area contributed by atoms with Crippen LogP contribution in [0.3, 0.4) is 0 Å². The number of pyridine rings is 1. The van der Waals surface area contributed by atoms with Gasteiger partial charge in [0.1, 0.15) is 0 Å². The number of rotatable bonds is 6. The second kappa shape index (κ2) is 9.82. The zero-order chi connectivity index (χ0) is 22.5. The Labute approximate surface area is 194 Å². The van der Waals surface area contributed by atoms with Crippen LogP contribution in [0.15, 0.2) is 91.3 Å². The molecule has 33 heavy (non-hydrogen) atoms. The molecule has 1 saturated heterocycles. The van der Waals surface area contributed by atoms with Crippen molar-refractivity contribution in [2.24, 2.45) is 0 Å². The highest BCUT2D eigenvalue weighted by Crippen LogP contribution is 2.27. The molecule has 4 aromatic rings. The van der Waals surface area contributed by atoms with E-state index in [2.05, 4.69) is 47.6 Å². The molecule has 0 bridgehead atoms. The van der Waals surface area contributed by atoms with Crippen LogP contribution in [0.1, 0.15) is 51.6 Å². The van der Waals surface area contributed by atoms with Gasteiger partial charge in [-0.3, -0.25) is 14.5 Å². The van der Waals surface area contributed by atoms with Gasteiger partial charge >= 0.3 is 0 Å². The molecule has 0 saturated carbocycles. The fraction of sp³-hybridized carbons (Fsp3) is 0.250. The van der Waals surface area contributed by atoms with Crippen molar-refractivity contribution in [1.29, 1.82) is 0 Å². The monoisotopic (exact) mass is 436 g/mol. The number of hydrogen-bond donors (Lipinski definition) is 0. The van der Waals surface area contributed by atoms with Crippen molar-refractivity contribution in [1.82, 2.24) is 19.7 Å². The lowest BCUT2D eigenvalue weighted by molar-refractivity contribution is 0.0704. The second-order valence-electron chi connectivity index (χ2n) is 8.67. The molecule has 3 heterocycles. The molecule has 1 amide bonds. The number of aromatic nitrogens is 3. The van der Waals surface area contributed by atoms with E-state index < -0.39 is 0 Å². The summed E-state index contributed by atoms with van der Waals surface area (Å²) in [6.45, 7) is 2.08. The summed E-state index contributed by atoms with van der Waals surface area (Å²) in [5.41, 5.74) is 5.18. The molecule has 0 radical (unpaired) electrons. The van der Waals surface area contributed by atoms with Crippen LogP contribution < -0.4 is 0 Å². The molecule has 166 valence electrons. The van der Waals surface area contributed by atoms with Crippen molar-refractivity contribution in [3.8, 4) is 0 Å². The first-order valence-electron chi connectivity index (χ1n) is 11.6. The molecular weight excluding hydrogens is 408 g/mol. The summed E-state index contributed by atoms with van der Waals surface area (Å²) in [5, 5.41) is 4.30. The first-order chi connectivity index (χ1) is 16.3. The molecule has 0 spiro atoms. The van der Waals surface area contributed by atoms with Crippen molar-refractivity contribution in [2.75, 3.05) is 13.1 Å². The van der Waals surface area contributed by atoms with Crippen LogP contribution in [0.25, 0.3) is 0 Å². The molecular formula is C28H28N4O. The SMILES string of the molecule is O=C(c1ccccc1Cn1cccn1)N1CCC[C@H](c2cccc(Cc3ccccc3)n2)C1. The minimum atomic E-state index is 0.0999. The van der Waals surface area contributed by atoms with E-state index in [9.17, 15) is 4.79 Å². The third-order valence-electron chi connectivity index (χ3n) is 6.32. The fourth-order valence-corrected chi connectivity index (χ4v) is 4.64. The van der Waals surface area contributed by atoms with Crippen molar-refractivity contribution in [3.05, 3.63) is 119 Å². The summed E-state index contributed by atoms with van der Waals surface area (Å²) in [4.78, 5) is 20.5. The zero-order valence-corrected chi connectivity index (χ0v) is 18.7. The maximum absolute atomic E-state index is 13.5. The molecule has 5 rings (SSSR count). The summed E-state index contributed by atoms with van der Waals surface area (Å²) in [6, 6.07) is 26.5. The average molecular weight is 437 g/mol. The summed E-state index contributed by atoms with van der Waals surface area (Å²) >= 11 is 0. The van der Waals surface area contributed by atoms with Gasteiger partial charge in [0.2, 0.25) is 0 Å². The quantitative estimate of drug-likeness (QED) is 0.430. The van der Waals surface area contributed by atoms with E-state index in [1.54, 1.807) is 6.20 Å². The van der Waals surface area contributed by atoms with Gasteiger partial charge in [-0.15, -0.1) is 0 Å². The van der Waals surface area contributed by atoms with Gasteiger partial charge in [-0.1, -0.05) is 54.6 Å². The molecule has 5 heteroatoms. The predicted octanol–water partition coefficient (Wildman–Crippen LogP) is 4.94. The van der Waals surface area contributed by atoms with Gasteiger partial charge in [0, 0.05) is 54.8 Å². The molecule has 2 aromatic carbocycles. The van der Waals surface area contributed by atoms with Crippen LogP contribution in [0.2, 0.25) is 0 Å². The maximum atomic E-state index is 13.5. The van der Waals surface area contributed by atoms with Crippen molar-refractivity contribution in [3.63, 3.8) is 0 Å². The number of hydrogen-bond acceptors (Lipinski definition) is 3. The van der Waals surface area contributed by atoms with E-state index in [1.807, 2.05) is 52.2 Å². The minimum Gasteiger partial charge on any atom is -0.338 e. The van der Waals surface area contributed by atoms with Crippen LogP contribution in [0, 0.1) is 0 Å². The number of piperidine rings is 1. The van der Waals surface area contributed by atoms with Crippen LogP contribution in [-0.2, 0) is 13.0 Å². The molecule has 5 nitrogen and oxygen atoms in total. The Kier molecular flexibility index (Phi) is 6.29. The average Bonchev–Trinajstić information content (AvgIpc) is 3.38. The van der Waals surface area contributed by atoms with Crippen LogP contribution in [-0.4, -0.2) is 38.7 Å². The van der Waals surface area contributed by atoms with E-state index in [0.29, 0.717) is 13.1 Å². The van der Waals surface area contributed by atoms with E-state index in [0.717, 1.165) is 48.3 Å². The molecule has 0 unspecified atom stereocenters. The third kappa shape index (κ3) is 5.03. The van der Waals surface area contributed by atoms with E-state index in [1.165, 1.54) is 5.56 Å². The van der Waals surface area contributed by atoms with Gasteiger partial charge in [0.15, 0.2) is 0 Å². The number of nitrogens with zero attached hydrogens (tertiary/aromatic N) is 4. The highest BCUT2D eigenvalue weighted by Gasteiger charge is 2.27. The number of amides is 1. The van der Waals surface area contributed by atoms with Crippen molar-refractivity contribution < 1.29 is 4.79 Å². The third-order valence-corrected chi connectivity index (χ3v) is 6.32. The summed E-state index contributed by atoms with van der Waals surface area (Å²) in [5.74, 6) is 0.361. The Morgan fingerprint density at radius 1 is 0.939 bits per heavy atom. The first kappa shape index (κ1) is 21.1. The summed E-state index contributed by atoms with van der Waals surface area (Å²) in [7, 11) is 0. The second-order valence-corrected chi connectivity index (χ2v) is 8.67. The molecule has 0 N–H and O–H groups in total. The molecule has 2 aromatic heterocycles. The number of benzene rings is 2. The molecule has 0 aliphatic carbocycles. The molecule has 1 aliphatic heterocycles. The van der Waals surface area contributed by atoms with Gasteiger partial charge < -0.3 is 4.90 Å². The minimum absolute atomic E-state index is 0.0999. The van der Waals surface area contributed by atoms with Crippen LogP contribution >= 0.6 is 0 Å². The lowest BCUT2D eigenvalue weighted by Crippen LogP contribution is -2.39. The highest BCUT2D eigenvalue weighted by molar-refractivity contribution is 5.95. The predicted molar refractivity (Wildman–Crippen MR) is 129 cm³/mol. The van der Waals surface area contributed by atoms with Gasteiger partial charge in [-0.05, 0) is 48.2 Å². The normalized spacial score (nSPS) is 16.0. The van der Waals surface area contributed by atoms with Crippen LogP contribution in [0.4, 0.5) is 0 Å². The van der Waals surface area contributed by atoms with Gasteiger partial charge in [0.25, 0.3) is 5.91 Å². The lowest BCUT2D eigenvalue weighted by Gasteiger charge is -2.33. The van der Waals surface area contributed by atoms with Gasteiger partial charge in [-0.2, -0.15) is 5.10 Å². The Hall–Kier alpha value is -3.73.